The molecule has 3 N–H and O–H groups in total. The van der Waals surface area contributed by atoms with E-state index in [2.05, 4.69) is 4.98 Å². The lowest BCUT2D eigenvalue weighted by Crippen LogP contribution is -2.35. The molecule has 6 heteroatoms. The summed E-state index contributed by atoms with van der Waals surface area (Å²) in [4.78, 5) is 15.0. The SMILES string of the molecule is NNC(=O)C(CC(F)F)c1ccncc1. The Morgan fingerprint density at radius 2 is 2.07 bits per heavy atom. The highest BCUT2D eigenvalue weighted by atomic mass is 19.3. The molecule has 0 saturated carbocycles. The second-order valence-electron chi connectivity index (χ2n) is 2.97. The molecule has 0 aromatic carbocycles. The zero-order valence-electron chi connectivity index (χ0n) is 7.86. The number of alkyl halides is 2. The molecule has 0 bridgehead atoms. The lowest BCUT2D eigenvalue weighted by molar-refractivity contribution is -0.123. The molecule has 1 aromatic heterocycles. The van der Waals surface area contributed by atoms with Crippen molar-refractivity contribution < 1.29 is 13.6 Å². The second kappa shape index (κ2) is 5.35. The molecule has 1 amide bonds. The lowest BCUT2D eigenvalue weighted by atomic mass is 9.96. The fourth-order valence-electron chi connectivity index (χ4n) is 1.27. The maximum atomic E-state index is 12.2. The Labute approximate surface area is 85.5 Å². The van der Waals surface area contributed by atoms with Gasteiger partial charge in [-0.1, -0.05) is 0 Å². The smallest absolute Gasteiger partial charge is 0.241 e. The van der Waals surface area contributed by atoms with Crippen molar-refractivity contribution in [2.45, 2.75) is 18.8 Å². The molecule has 0 aliphatic rings. The van der Waals surface area contributed by atoms with E-state index in [9.17, 15) is 13.6 Å². The first kappa shape index (κ1) is 11.5. The lowest BCUT2D eigenvalue weighted by Gasteiger charge is -2.14. The minimum atomic E-state index is -2.56. The van der Waals surface area contributed by atoms with Crippen LogP contribution in [0.1, 0.15) is 17.9 Å². The highest BCUT2D eigenvalue weighted by molar-refractivity contribution is 5.83. The number of nitrogens with two attached hydrogens (primary N) is 1. The molecule has 1 atom stereocenters. The molecule has 0 aliphatic carbocycles. The average Bonchev–Trinajstić information content (AvgIpc) is 2.26. The molecule has 0 saturated heterocycles. The van der Waals surface area contributed by atoms with E-state index in [1.54, 1.807) is 0 Å². The molecule has 4 nitrogen and oxygen atoms in total. The van der Waals surface area contributed by atoms with Crippen LogP contribution >= 0.6 is 0 Å². The number of rotatable bonds is 4. The summed E-state index contributed by atoms with van der Waals surface area (Å²) in [7, 11) is 0. The van der Waals surface area contributed by atoms with Crippen molar-refractivity contribution in [1.82, 2.24) is 10.4 Å². The Morgan fingerprint density at radius 1 is 1.47 bits per heavy atom. The van der Waals surface area contributed by atoms with Crippen LogP contribution in [0.5, 0.6) is 0 Å². The van der Waals surface area contributed by atoms with E-state index in [1.165, 1.54) is 24.5 Å². The van der Waals surface area contributed by atoms with Crippen molar-refractivity contribution in [1.29, 1.82) is 0 Å². The predicted molar refractivity (Wildman–Crippen MR) is 49.9 cm³/mol. The maximum absolute atomic E-state index is 12.2. The summed E-state index contributed by atoms with van der Waals surface area (Å²) in [5.74, 6) is 3.37. The van der Waals surface area contributed by atoms with E-state index < -0.39 is 24.7 Å². The first-order valence-corrected chi connectivity index (χ1v) is 4.33. The van der Waals surface area contributed by atoms with Gasteiger partial charge in [0.2, 0.25) is 12.3 Å². The molecule has 0 aliphatic heterocycles. The number of halogens is 2. The molecule has 82 valence electrons. The number of hydrogen-bond donors (Lipinski definition) is 2. The van der Waals surface area contributed by atoms with Crippen LogP contribution in [0.3, 0.4) is 0 Å². The maximum Gasteiger partial charge on any atom is 0.241 e. The molecule has 0 radical (unpaired) electrons. The van der Waals surface area contributed by atoms with Gasteiger partial charge in [-0.05, 0) is 17.7 Å². The number of hydrogen-bond acceptors (Lipinski definition) is 3. The van der Waals surface area contributed by atoms with E-state index >= 15 is 0 Å². The largest absolute Gasteiger partial charge is 0.294 e. The quantitative estimate of drug-likeness (QED) is 0.443. The van der Waals surface area contributed by atoms with Gasteiger partial charge in [0, 0.05) is 18.8 Å². The highest BCUT2D eigenvalue weighted by Gasteiger charge is 2.23. The van der Waals surface area contributed by atoms with Crippen molar-refractivity contribution in [3.05, 3.63) is 30.1 Å². The van der Waals surface area contributed by atoms with Gasteiger partial charge in [0.05, 0.1) is 5.92 Å². The molecule has 0 fully saturated rings. The van der Waals surface area contributed by atoms with E-state index in [0.29, 0.717) is 5.56 Å². The van der Waals surface area contributed by atoms with Crippen LogP contribution < -0.4 is 11.3 Å². The van der Waals surface area contributed by atoms with Crippen LogP contribution in [0.15, 0.2) is 24.5 Å². The van der Waals surface area contributed by atoms with Gasteiger partial charge in [-0.15, -0.1) is 0 Å². The van der Waals surface area contributed by atoms with Crippen LogP contribution in [-0.2, 0) is 4.79 Å². The Hall–Kier alpha value is -1.56. The van der Waals surface area contributed by atoms with Gasteiger partial charge in [0.25, 0.3) is 0 Å². The van der Waals surface area contributed by atoms with Crippen LogP contribution in [-0.4, -0.2) is 17.3 Å². The molecule has 1 aromatic rings. The van der Waals surface area contributed by atoms with E-state index in [4.69, 9.17) is 5.84 Å². The standard InChI is InChI=1S/C9H11F2N3O/c10-8(11)5-7(9(15)14-12)6-1-3-13-4-2-6/h1-4,7-8H,5,12H2,(H,14,15). The van der Waals surface area contributed by atoms with Gasteiger partial charge in [0.15, 0.2) is 0 Å². The zero-order valence-corrected chi connectivity index (χ0v) is 7.86. The summed E-state index contributed by atoms with van der Waals surface area (Å²) in [5.41, 5.74) is 2.36. The minimum absolute atomic E-state index is 0.480. The molecule has 1 unspecified atom stereocenters. The van der Waals surface area contributed by atoms with Crippen molar-refractivity contribution in [3.8, 4) is 0 Å². The summed E-state index contributed by atoms with van der Waals surface area (Å²) >= 11 is 0. The van der Waals surface area contributed by atoms with Gasteiger partial charge >= 0.3 is 0 Å². The first-order chi connectivity index (χ1) is 7.15. The van der Waals surface area contributed by atoms with Crippen LogP contribution in [0.2, 0.25) is 0 Å². The summed E-state index contributed by atoms with van der Waals surface area (Å²) in [6, 6.07) is 3.03. The number of amides is 1. The van der Waals surface area contributed by atoms with Crippen molar-refractivity contribution >= 4 is 5.91 Å². The topological polar surface area (TPSA) is 68.0 Å². The van der Waals surface area contributed by atoms with E-state index in [-0.39, 0.29) is 0 Å². The number of aromatic nitrogens is 1. The van der Waals surface area contributed by atoms with Crippen LogP contribution in [0.4, 0.5) is 8.78 Å². The van der Waals surface area contributed by atoms with Crippen LogP contribution in [0.25, 0.3) is 0 Å². The molecule has 1 heterocycles. The van der Waals surface area contributed by atoms with Gasteiger partial charge in [-0.3, -0.25) is 15.2 Å². The summed E-state index contributed by atoms with van der Waals surface area (Å²) < 4.78 is 24.5. The minimum Gasteiger partial charge on any atom is -0.294 e. The van der Waals surface area contributed by atoms with Gasteiger partial charge < -0.3 is 0 Å². The third kappa shape index (κ3) is 3.25. The fourth-order valence-corrected chi connectivity index (χ4v) is 1.27. The van der Waals surface area contributed by atoms with Gasteiger partial charge in [-0.25, -0.2) is 14.6 Å². The van der Waals surface area contributed by atoms with Crippen molar-refractivity contribution in [3.63, 3.8) is 0 Å². The Bertz CT molecular complexity index is 318. The van der Waals surface area contributed by atoms with E-state index in [1.807, 2.05) is 5.43 Å². The number of carbonyl (C=O) groups is 1. The van der Waals surface area contributed by atoms with Gasteiger partial charge in [0.1, 0.15) is 0 Å². The monoisotopic (exact) mass is 215 g/mol. The highest BCUT2D eigenvalue weighted by Crippen LogP contribution is 2.22. The molecule has 1 rings (SSSR count). The molecular weight excluding hydrogens is 204 g/mol. The average molecular weight is 215 g/mol. The third-order valence-electron chi connectivity index (χ3n) is 1.98. The van der Waals surface area contributed by atoms with Crippen molar-refractivity contribution in [2.24, 2.45) is 5.84 Å². The van der Waals surface area contributed by atoms with Gasteiger partial charge in [-0.2, -0.15) is 0 Å². The first-order valence-electron chi connectivity index (χ1n) is 4.33. The zero-order chi connectivity index (χ0) is 11.3. The molecule has 15 heavy (non-hydrogen) atoms. The number of hydrazine groups is 1. The Kier molecular flexibility index (Phi) is 4.11. The second-order valence-corrected chi connectivity index (χ2v) is 2.97. The van der Waals surface area contributed by atoms with Crippen molar-refractivity contribution in [2.75, 3.05) is 0 Å². The number of nitrogens with one attached hydrogen (secondary N) is 1. The third-order valence-corrected chi connectivity index (χ3v) is 1.98. The Balaban J connectivity index is 2.86. The fraction of sp³-hybridized carbons (Fsp3) is 0.333. The molecular formula is C9H11F2N3O. The normalized spacial score (nSPS) is 12.5. The van der Waals surface area contributed by atoms with E-state index in [0.717, 1.165) is 0 Å². The summed E-state index contributed by atoms with van der Waals surface area (Å²) in [5, 5.41) is 0. The Morgan fingerprint density at radius 3 is 2.53 bits per heavy atom. The predicted octanol–water partition coefficient (Wildman–Crippen LogP) is 0.810. The summed E-state index contributed by atoms with van der Waals surface area (Å²) in [6.45, 7) is 0. The van der Waals surface area contributed by atoms with Crippen LogP contribution in [0, 0.1) is 0 Å². The summed E-state index contributed by atoms with van der Waals surface area (Å²) in [6.07, 6.45) is -0.220. The number of carbonyl (C=O) groups excluding carboxylic acids is 1. The number of pyridine rings is 1. The number of nitrogens with zero attached hydrogens (tertiary/aromatic N) is 1. The molecule has 0 spiro atoms.